The first kappa shape index (κ1) is 29.3. The molecule has 0 aliphatic carbocycles. The van der Waals surface area contributed by atoms with Gasteiger partial charge in [0.05, 0.1) is 11.0 Å². The standard InChI is InChI=1S/C36H38N4O4/c41-35-37-33-13-7-8-14-34(33)40(35)31-19-21-39(22-20-31)36(42)43-24-23-38(25-28-9-3-1-4-10-28)26-29-15-17-32(18-16-29)44-27-30-11-5-2-6-12-30/h1-18,31H,19-27H2,(H,37,41). The van der Waals surface area contributed by atoms with Crippen LogP contribution < -0.4 is 10.4 Å². The minimum absolute atomic E-state index is 0.0548. The summed E-state index contributed by atoms with van der Waals surface area (Å²) in [6, 6.07) is 36.4. The molecule has 8 nitrogen and oxygen atoms in total. The summed E-state index contributed by atoms with van der Waals surface area (Å²) in [6.45, 7) is 4.01. The fourth-order valence-corrected chi connectivity index (χ4v) is 5.84. The number of H-pyrrole nitrogens is 1. The molecule has 0 radical (unpaired) electrons. The molecular weight excluding hydrogens is 552 g/mol. The number of imidazole rings is 1. The molecule has 0 spiro atoms. The quantitative estimate of drug-likeness (QED) is 0.193. The van der Waals surface area contributed by atoms with Crippen LogP contribution in [-0.4, -0.2) is 51.7 Å². The molecule has 1 aliphatic heterocycles. The molecule has 6 rings (SSSR count). The van der Waals surface area contributed by atoms with E-state index in [1.807, 2.05) is 77.4 Å². The summed E-state index contributed by atoms with van der Waals surface area (Å²) < 4.78 is 13.5. The van der Waals surface area contributed by atoms with Crippen molar-refractivity contribution in [3.8, 4) is 5.75 Å². The SMILES string of the molecule is O=C(OCCN(Cc1ccccc1)Cc1ccc(OCc2ccccc2)cc1)N1CCC(n2c(=O)[nH]c3ccccc32)CC1. The number of aromatic amines is 1. The van der Waals surface area contributed by atoms with Gasteiger partial charge in [-0.15, -0.1) is 0 Å². The maximum Gasteiger partial charge on any atom is 0.409 e. The monoisotopic (exact) mass is 590 g/mol. The Hall–Kier alpha value is -4.82. The summed E-state index contributed by atoms with van der Waals surface area (Å²) in [5, 5.41) is 0. The molecule has 226 valence electrons. The zero-order valence-corrected chi connectivity index (χ0v) is 24.8. The lowest BCUT2D eigenvalue weighted by molar-refractivity contribution is 0.0769. The van der Waals surface area contributed by atoms with Gasteiger partial charge in [-0.25, -0.2) is 9.59 Å². The van der Waals surface area contributed by atoms with Gasteiger partial charge in [0, 0.05) is 38.8 Å². The molecule has 1 amide bonds. The van der Waals surface area contributed by atoms with Crippen LogP contribution in [0.15, 0.2) is 114 Å². The second-order valence-corrected chi connectivity index (χ2v) is 11.3. The lowest BCUT2D eigenvalue weighted by Gasteiger charge is -2.32. The van der Waals surface area contributed by atoms with Gasteiger partial charge < -0.3 is 19.4 Å². The summed E-state index contributed by atoms with van der Waals surface area (Å²) in [5.41, 5.74) is 5.15. The van der Waals surface area contributed by atoms with Crippen LogP contribution in [-0.2, 0) is 24.4 Å². The Morgan fingerprint density at radius 2 is 1.39 bits per heavy atom. The molecule has 1 saturated heterocycles. The van der Waals surface area contributed by atoms with E-state index in [1.54, 1.807) is 4.90 Å². The highest BCUT2D eigenvalue weighted by Gasteiger charge is 2.27. The third-order valence-electron chi connectivity index (χ3n) is 8.17. The Kier molecular flexibility index (Phi) is 9.38. The first-order chi connectivity index (χ1) is 21.6. The van der Waals surface area contributed by atoms with Crippen molar-refractivity contribution in [3.63, 3.8) is 0 Å². The number of para-hydroxylation sites is 2. The summed E-state index contributed by atoms with van der Waals surface area (Å²) >= 11 is 0. The van der Waals surface area contributed by atoms with Gasteiger partial charge >= 0.3 is 11.8 Å². The Balaban J connectivity index is 1.01. The number of carbonyl (C=O) groups excluding carboxylic acids is 1. The summed E-state index contributed by atoms with van der Waals surface area (Å²) in [7, 11) is 0. The fourth-order valence-electron chi connectivity index (χ4n) is 5.84. The number of hydrogen-bond donors (Lipinski definition) is 1. The van der Waals surface area contributed by atoms with E-state index in [4.69, 9.17) is 9.47 Å². The summed E-state index contributed by atoms with van der Waals surface area (Å²) in [5.74, 6) is 0.833. The number of fused-ring (bicyclic) bond motifs is 1. The van der Waals surface area contributed by atoms with E-state index in [0.29, 0.717) is 45.7 Å². The average molecular weight is 591 g/mol. The van der Waals surface area contributed by atoms with E-state index in [2.05, 4.69) is 46.3 Å². The second kappa shape index (κ2) is 14.1. The van der Waals surface area contributed by atoms with Gasteiger partial charge in [0.2, 0.25) is 0 Å². The maximum atomic E-state index is 13.0. The minimum atomic E-state index is -0.297. The van der Waals surface area contributed by atoms with Crippen molar-refractivity contribution in [1.82, 2.24) is 19.4 Å². The molecule has 0 saturated carbocycles. The van der Waals surface area contributed by atoms with Crippen molar-refractivity contribution in [2.75, 3.05) is 26.2 Å². The molecule has 1 aliphatic rings. The third kappa shape index (κ3) is 7.38. The normalized spacial score (nSPS) is 13.8. The van der Waals surface area contributed by atoms with Crippen molar-refractivity contribution < 1.29 is 14.3 Å². The number of nitrogens with zero attached hydrogens (tertiary/aromatic N) is 3. The number of aromatic nitrogens is 2. The number of ether oxygens (including phenoxy) is 2. The number of benzene rings is 4. The molecule has 4 aromatic carbocycles. The first-order valence-corrected chi connectivity index (χ1v) is 15.3. The van der Waals surface area contributed by atoms with E-state index in [0.717, 1.165) is 41.0 Å². The van der Waals surface area contributed by atoms with E-state index < -0.39 is 0 Å². The zero-order chi connectivity index (χ0) is 30.1. The smallest absolute Gasteiger partial charge is 0.409 e. The highest BCUT2D eigenvalue weighted by molar-refractivity contribution is 5.75. The molecule has 5 aromatic rings. The molecule has 0 bridgehead atoms. The predicted octanol–water partition coefficient (Wildman–Crippen LogP) is 6.38. The van der Waals surface area contributed by atoms with Crippen molar-refractivity contribution in [2.45, 2.75) is 38.6 Å². The van der Waals surface area contributed by atoms with Crippen LogP contribution in [0.5, 0.6) is 5.75 Å². The third-order valence-corrected chi connectivity index (χ3v) is 8.17. The second-order valence-electron chi connectivity index (χ2n) is 11.3. The molecule has 0 atom stereocenters. The average Bonchev–Trinajstić information content (AvgIpc) is 3.41. The van der Waals surface area contributed by atoms with Gasteiger partial charge in [0.1, 0.15) is 19.0 Å². The van der Waals surface area contributed by atoms with Crippen molar-refractivity contribution in [3.05, 3.63) is 136 Å². The number of hydrogen-bond acceptors (Lipinski definition) is 5. The number of amides is 1. The Morgan fingerprint density at radius 3 is 2.09 bits per heavy atom. The van der Waals surface area contributed by atoms with Gasteiger partial charge in [-0.2, -0.15) is 0 Å². The lowest BCUT2D eigenvalue weighted by atomic mass is 10.0. The molecule has 1 fully saturated rings. The van der Waals surface area contributed by atoms with Gasteiger partial charge in [0.15, 0.2) is 0 Å². The topological polar surface area (TPSA) is 79.8 Å². The summed E-state index contributed by atoms with van der Waals surface area (Å²) in [6.07, 6.45) is 1.12. The van der Waals surface area contributed by atoms with Crippen LogP contribution in [0.2, 0.25) is 0 Å². The Morgan fingerprint density at radius 1 is 0.773 bits per heavy atom. The van der Waals surface area contributed by atoms with Crippen molar-refractivity contribution >= 4 is 17.1 Å². The molecule has 1 N–H and O–H groups in total. The first-order valence-electron chi connectivity index (χ1n) is 15.3. The van der Waals surface area contributed by atoms with E-state index in [1.165, 1.54) is 5.56 Å². The Bertz CT molecular complexity index is 1690. The largest absolute Gasteiger partial charge is 0.489 e. The van der Waals surface area contributed by atoms with E-state index >= 15 is 0 Å². The van der Waals surface area contributed by atoms with Gasteiger partial charge in [-0.3, -0.25) is 9.47 Å². The number of rotatable bonds is 11. The van der Waals surface area contributed by atoms with E-state index in [-0.39, 0.29) is 17.8 Å². The molecule has 8 heteroatoms. The molecule has 44 heavy (non-hydrogen) atoms. The summed E-state index contributed by atoms with van der Waals surface area (Å²) in [4.78, 5) is 32.6. The van der Waals surface area contributed by atoms with Crippen LogP contribution in [0.1, 0.15) is 35.6 Å². The van der Waals surface area contributed by atoms with Crippen LogP contribution >= 0.6 is 0 Å². The zero-order valence-electron chi connectivity index (χ0n) is 24.8. The Labute approximate surface area is 257 Å². The fraction of sp³-hybridized carbons (Fsp3) is 0.278. The maximum absolute atomic E-state index is 13.0. The molecule has 2 heterocycles. The molecule has 0 unspecified atom stereocenters. The number of carbonyl (C=O) groups is 1. The van der Waals surface area contributed by atoms with E-state index in [9.17, 15) is 9.59 Å². The number of likely N-dealkylation sites (tertiary alicyclic amines) is 1. The van der Waals surface area contributed by atoms with Gasteiger partial charge in [-0.1, -0.05) is 84.9 Å². The predicted molar refractivity (Wildman–Crippen MR) is 172 cm³/mol. The van der Waals surface area contributed by atoms with Crippen molar-refractivity contribution in [1.29, 1.82) is 0 Å². The molecule has 1 aromatic heterocycles. The minimum Gasteiger partial charge on any atom is -0.489 e. The van der Waals surface area contributed by atoms with Crippen LogP contribution in [0.25, 0.3) is 11.0 Å². The lowest BCUT2D eigenvalue weighted by Crippen LogP contribution is -2.41. The number of piperidine rings is 1. The molecular formula is C36H38N4O4. The highest BCUT2D eigenvalue weighted by atomic mass is 16.6. The van der Waals surface area contributed by atoms with Crippen molar-refractivity contribution in [2.24, 2.45) is 0 Å². The highest BCUT2D eigenvalue weighted by Crippen LogP contribution is 2.25. The van der Waals surface area contributed by atoms with Gasteiger partial charge in [-0.05, 0) is 53.8 Å². The van der Waals surface area contributed by atoms with Gasteiger partial charge in [0.25, 0.3) is 0 Å². The van der Waals surface area contributed by atoms with Crippen LogP contribution in [0, 0.1) is 0 Å². The number of nitrogens with one attached hydrogen (secondary N) is 1. The van der Waals surface area contributed by atoms with Crippen LogP contribution in [0.4, 0.5) is 4.79 Å². The van der Waals surface area contributed by atoms with Crippen LogP contribution in [0.3, 0.4) is 0 Å².